The number of amides is 1. The molecule has 2 aromatic heterocycles. The normalized spacial score (nSPS) is 10.7. The van der Waals surface area contributed by atoms with E-state index >= 15 is 0 Å². The fourth-order valence-electron chi connectivity index (χ4n) is 2.50. The van der Waals surface area contributed by atoms with Gasteiger partial charge in [0.05, 0.1) is 11.4 Å². The summed E-state index contributed by atoms with van der Waals surface area (Å²) in [6.07, 6.45) is 1.50. The number of rotatable bonds is 4. The van der Waals surface area contributed by atoms with E-state index < -0.39 is 0 Å². The molecule has 0 saturated carbocycles. The predicted molar refractivity (Wildman–Crippen MR) is 99.4 cm³/mol. The molecule has 0 aliphatic heterocycles. The molecular weight excluding hydrogens is 348 g/mol. The molecule has 0 saturated heterocycles. The van der Waals surface area contributed by atoms with Gasteiger partial charge in [-0.25, -0.2) is 9.67 Å². The Kier molecular flexibility index (Phi) is 4.24. The van der Waals surface area contributed by atoms with E-state index in [4.69, 9.17) is 0 Å². The number of hydrogen-bond donors (Lipinski definition) is 1. The van der Waals surface area contributed by atoms with Gasteiger partial charge in [-0.1, -0.05) is 36.4 Å². The van der Waals surface area contributed by atoms with E-state index in [0.717, 1.165) is 16.3 Å². The first kappa shape index (κ1) is 16.1. The molecule has 26 heavy (non-hydrogen) atoms. The van der Waals surface area contributed by atoms with Gasteiger partial charge in [0.2, 0.25) is 0 Å². The van der Waals surface area contributed by atoms with Gasteiger partial charge in [0, 0.05) is 11.3 Å². The molecule has 7 nitrogen and oxygen atoms in total. The van der Waals surface area contributed by atoms with Crippen molar-refractivity contribution in [2.24, 2.45) is 0 Å². The summed E-state index contributed by atoms with van der Waals surface area (Å²) in [4.78, 5) is 17.8. The Balaban J connectivity index is 1.58. The summed E-state index contributed by atoms with van der Waals surface area (Å²) in [5.41, 5.74) is 3.14. The minimum Gasteiger partial charge on any atom is -0.321 e. The van der Waals surface area contributed by atoms with Gasteiger partial charge in [-0.05, 0) is 35.5 Å². The van der Waals surface area contributed by atoms with Gasteiger partial charge in [0.25, 0.3) is 5.91 Å². The molecule has 1 N–H and O–H groups in total. The Morgan fingerprint density at radius 2 is 1.96 bits per heavy atom. The van der Waals surface area contributed by atoms with Crippen molar-refractivity contribution >= 4 is 22.9 Å². The number of tetrazole rings is 1. The lowest BCUT2D eigenvalue weighted by molar-refractivity contribution is 0.103. The van der Waals surface area contributed by atoms with Crippen LogP contribution in [0.4, 0.5) is 5.69 Å². The largest absolute Gasteiger partial charge is 0.321 e. The van der Waals surface area contributed by atoms with Crippen molar-refractivity contribution in [3.8, 4) is 16.3 Å². The summed E-state index contributed by atoms with van der Waals surface area (Å²) in [7, 11) is 0. The first-order valence-corrected chi connectivity index (χ1v) is 8.70. The van der Waals surface area contributed by atoms with Crippen LogP contribution >= 0.6 is 11.3 Å². The number of nitrogens with one attached hydrogen (secondary N) is 1. The monoisotopic (exact) mass is 362 g/mol. The molecule has 0 spiro atoms. The van der Waals surface area contributed by atoms with Crippen molar-refractivity contribution in [3.63, 3.8) is 0 Å². The number of anilines is 1. The second kappa shape index (κ2) is 6.85. The van der Waals surface area contributed by atoms with Crippen molar-refractivity contribution in [3.05, 3.63) is 71.5 Å². The quantitative estimate of drug-likeness (QED) is 0.602. The summed E-state index contributed by atoms with van der Waals surface area (Å²) < 4.78 is 1.53. The first-order chi connectivity index (χ1) is 12.7. The number of nitrogens with zero attached hydrogens (tertiary/aromatic N) is 5. The molecule has 1 amide bonds. The van der Waals surface area contributed by atoms with Crippen molar-refractivity contribution in [1.82, 2.24) is 25.2 Å². The maximum Gasteiger partial charge on any atom is 0.267 e. The summed E-state index contributed by atoms with van der Waals surface area (Å²) in [6.45, 7) is 1.84. The van der Waals surface area contributed by atoms with Crippen LogP contribution in [0, 0.1) is 6.92 Å². The van der Waals surface area contributed by atoms with Crippen LogP contribution < -0.4 is 5.32 Å². The molecule has 0 radical (unpaired) electrons. The molecule has 0 aliphatic carbocycles. The van der Waals surface area contributed by atoms with Gasteiger partial charge in [-0.3, -0.25) is 4.79 Å². The van der Waals surface area contributed by atoms with Crippen molar-refractivity contribution in [2.75, 3.05) is 5.32 Å². The zero-order valence-corrected chi connectivity index (χ0v) is 14.6. The first-order valence-electron chi connectivity index (χ1n) is 7.88. The number of carbonyl (C=O) groups is 1. The highest BCUT2D eigenvalue weighted by Gasteiger charge is 2.16. The maximum absolute atomic E-state index is 12.7. The van der Waals surface area contributed by atoms with E-state index in [2.05, 4.69) is 25.8 Å². The van der Waals surface area contributed by atoms with Crippen molar-refractivity contribution in [2.45, 2.75) is 6.92 Å². The van der Waals surface area contributed by atoms with Gasteiger partial charge < -0.3 is 5.32 Å². The SMILES string of the molecule is Cc1nc(-c2ccccc2)sc1C(=O)Nc1cccc(-n2cnnn2)c1. The Bertz CT molecular complexity index is 1040. The average molecular weight is 362 g/mol. The van der Waals surface area contributed by atoms with Crippen LogP contribution in [-0.4, -0.2) is 31.1 Å². The molecular formula is C18H14N6OS. The van der Waals surface area contributed by atoms with Crippen LogP contribution in [0.25, 0.3) is 16.3 Å². The standard InChI is InChI=1S/C18H14N6OS/c1-12-16(26-18(20-12)13-6-3-2-4-7-13)17(25)21-14-8-5-9-15(10-14)24-11-19-22-23-24/h2-11H,1H3,(H,21,25). The molecule has 0 bridgehead atoms. The number of carbonyl (C=O) groups excluding carboxylic acids is 1. The van der Waals surface area contributed by atoms with Crippen molar-refractivity contribution < 1.29 is 4.79 Å². The van der Waals surface area contributed by atoms with E-state index in [1.54, 1.807) is 0 Å². The summed E-state index contributed by atoms with van der Waals surface area (Å²) in [5.74, 6) is -0.184. The molecule has 128 valence electrons. The van der Waals surface area contributed by atoms with Crippen LogP contribution in [0.2, 0.25) is 0 Å². The van der Waals surface area contributed by atoms with E-state index in [-0.39, 0.29) is 5.91 Å². The van der Waals surface area contributed by atoms with Gasteiger partial charge in [-0.15, -0.1) is 16.4 Å². The third-order valence-corrected chi connectivity index (χ3v) is 4.95. The van der Waals surface area contributed by atoms with Crippen LogP contribution in [0.3, 0.4) is 0 Å². The smallest absolute Gasteiger partial charge is 0.267 e. The zero-order chi connectivity index (χ0) is 17.9. The zero-order valence-electron chi connectivity index (χ0n) is 13.8. The predicted octanol–water partition coefficient (Wildman–Crippen LogP) is 3.35. The highest BCUT2D eigenvalue weighted by molar-refractivity contribution is 7.17. The van der Waals surface area contributed by atoms with Crippen LogP contribution in [0.5, 0.6) is 0 Å². The lowest BCUT2D eigenvalue weighted by Gasteiger charge is -2.06. The minimum absolute atomic E-state index is 0.184. The van der Waals surface area contributed by atoms with Crippen LogP contribution in [0.1, 0.15) is 15.4 Å². The summed E-state index contributed by atoms with van der Waals surface area (Å²) in [5, 5.41) is 14.8. The average Bonchev–Trinajstić information content (AvgIpc) is 3.32. The third-order valence-electron chi connectivity index (χ3n) is 3.74. The Morgan fingerprint density at radius 1 is 1.12 bits per heavy atom. The van der Waals surface area contributed by atoms with E-state index in [0.29, 0.717) is 16.3 Å². The molecule has 2 heterocycles. The third kappa shape index (κ3) is 3.22. The molecule has 4 rings (SSSR count). The van der Waals surface area contributed by atoms with E-state index in [1.165, 1.54) is 22.3 Å². The van der Waals surface area contributed by atoms with Crippen LogP contribution in [0.15, 0.2) is 60.9 Å². The number of hydrogen-bond acceptors (Lipinski definition) is 6. The highest BCUT2D eigenvalue weighted by Crippen LogP contribution is 2.28. The lowest BCUT2D eigenvalue weighted by atomic mass is 10.2. The minimum atomic E-state index is -0.184. The second-order valence-corrected chi connectivity index (χ2v) is 6.56. The Labute approximate surface area is 153 Å². The highest BCUT2D eigenvalue weighted by atomic mass is 32.1. The van der Waals surface area contributed by atoms with Crippen LogP contribution in [-0.2, 0) is 0 Å². The van der Waals surface area contributed by atoms with E-state index in [9.17, 15) is 4.79 Å². The number of aryl methyl sites for hydroxylation is 1. The molecule has 0 unspecified atom stereocenters. The Hall–Kier alpha value is -3.39. The van der Waals surface area contributed by atoms with Gasteiger partial charge in [0.1, 0.15) is 16.2 Å². The van der Waals surface area contributed by atoms with Crippen molar-refractivity contribution in [1.29, 1.82) is 0 Å². The molecule has 0 aliphatic rings. The second-order valence-electron chi connectivity index (χ2n) is 5.56. The van der Waals surface area contributed by atoms with E-state index in [1.807, 2.05) is 61.5 Å². The molecule has 8 heteroatoms. The fraction of sp³-hybridized carbons (Fsp3) is 0.0556. The fourth-order valence-corrected chi connectivity index (χ4v) is 3.47. The molecule has 0 atom stereocenters. The number of thiazole rings is 1. The lowest BCUT2D eigenvalue weighted by Crippen LogP contribution is -2.11. The van der Waals surface area contributed by atoms with Gasteiger partial charge >= 0.3 is 0 Å². The maximum atomic E-state index is 12.7. The summed E-state index contributed by atoms with van der Waals surface area (Å²) >= 11 is 1.38. The van der Waals surface area contributed by atoms with Gasteiger partial charge in [-0.2, -0.15) is 0 Å². The number of benzene rings is 2. The van der Waals surface area contributed by atoms with Gasteiger partial charge in [0.15, 0.2) is 0 Å². The number of aromatic nitrogens is 5. The summed E-state index contributed by atoms with van der Waals surface area (Å²) in [6, 6.07) is 17.1. The molecule has 2 aromatic carbocycles. The topological polar surface area (TPSA) is 85.6 Å². The molecule has 0 fully saturated rings. The Morgan fingerprint density at radius 3 is 2.73 bits per heavy atom. The molecule has 4 aromatic rings.